The maximum atomic E-state index is 14.7. The fourth-order valence-corrected chi connectivity index (χ4v) is 7.48. The fraction of sp³-hybridized carbons (Fsp3) is 0.147. The molecule has 4 aromatic rings. The summed E-state index contributed by atoms with van der Waals surface area (Å²) in [4.78, 5) is 45.8. The van der Waals surface area contributed by atoms with Crippen molar-refractivity contribution >= 4 is 45.2 Å². The summed E-state index contributed by atoms with van der Waals surface area (Å²) in [5.41, 5.74) is 2.77. The molecule has 0 aliphatic carbocycles. The minimum Gasteiger partial charge on any atom is -0.496 e. The van der Waals surface area contributed by atoms with Crippen LogP contribution >= 0.6 is 15.9 Å². The third-order valence-electron chi connectivity index (χ3n) is 8.62. The highest BCUT2D eigenvalue weighted by Crippen LogP contribution is 2.62. The number of carbonyl (C=O) groups is 3. The number of amides is 1. The van der Waals surface area contributed by atoms with Gasteiger partial charge in [0.05, 0.1) is 23.5 Å². The third-order valence-corrected chi connectivity index (χ3v) is 9.24. The topological polar surface area (TPSA) is 75.7 Å². The summed E-state index contributed by atoms with van der Waals surface area (Å²) in [5.74, 6) is -1.19. The number of rotatable bonds is 5. The van der Waals surface area contributed by atoms with E-state index in [1.54, 1.807) is 49.6 Å². The van der Waals surface area contributed by atoms with Crippen LogP contribution in [0.2, 0.25) is 0 Å². The zero-order chi connectivity index (χ0) is 28.3. The van der Waals surface area contributed by atoms with Crippen molar-refractivity contribution in [2.24, 2.45) is 5.92 Å². The molecule has 6 nitrogen and oxygen atoms in total. The van der Waals surface area contributed by atoms with Gasteiger partial charge in [-0.2, -0.15) is 0 Å². The van der Waals surface area contributed by atoms with E-state index in [-0.39, 0.29) is 17.5 Å². The van der Waals surface area contributed by atoms with Crippen molar-refractivity contribution in [2.45, 2.75) is 17.5 Å². The number of halogens is 1. The molecule has 3 aliphatic heterocycles. The highest BCUT2D eigenvalue weighted by Gasteiger charge is 2.70. The SMILES string of the molecule is COc1ccc(C(=O)[C@H]2[C@H](C(=O)c3ccccc3)[C@]3(C(=O)Nc4ccccc43)[C@H]3c4ccccc4C=CN23)cc1Br. The van der Waals surface area contributed by atoms with Gasteiger partial charge in [0.25, 0.3) is 0 Å². The summed E-state index contributed by atoms with van der Waals surface area (Å²) in [7, 11) is 1.56. The predicted octanol–water partition coefficient (Wildman–Crippen LogP) is 6.44. The lowest BCUT2D eigenvalue weighted by atomic mass is 9.62. The zero-order valence-corrected chi connectivity index (χ0v) is 23.7. The number of nitrogens with one attached hydrogen (secondary N) is 1. The van der Waals surface area contributed by atoms with Crippen molar-refractivity contribution in [1.82, 2.24) is 4.90 Å². The molecule has 1 saturated heterocycles. The summed E-state index contributed by atoms with van der Waals surface area (Å²) in [6.07, 6.45) is 3.83. The standard InChI is InChI=1S/C34H25BrN2O4/c1-41-27-16-15-22(19-25(27)35)31(39)29-28(30(38)21-10-3-2-4-11-21)34(24-13-7-8-14-26(24)36-33(34)40)32-23-12-6-5-9-20(23)17-18-37(29)32/h2-19,28-29,32H,1H3,(H,36,40)/t28-,29-,32-,34+/m1/s1. The van der Waals surface area contributed by atoms with Gasteiger partial charge in [0.1, 0.15) is 17.2 Å². The van der Waals surface area contributed by atoms with E-state index in [1.807, 2.05) is 71.8 Å². The van der Waals surface area contributed by atoms with E-state index in [4.69, 9.17) is 4.74 Å². The molecule has 3 aliphatic rings. The Kier molecular flexibility index (Phi) is 5.94. The second-order valence-corrected chi connectivity index (χ2v) is 11.4. The molecule has 4 atom stereocenters. The number of fused-ring (bicyclic) bond motifs is 6. The van der Waals surface area contributed by atoms with Crippen LogP contribution < -0.4 is 10.1 Å². The average molecular weight is 605 g/mol. The summed E-state index contributed by atoms with van der Waals surface area (Å²) in [6.45, 7) is 0. The Bertz CT molecular complexity index is 1770. The highest BCUT2D eigenvalue weighted by molar-refractivity contribution is 9.10. The predicted molar refractivity (Wildman–Crippen MR) is 160 cm³/mol. The van der Waals surface area contributed by atoms with Crippen molar-refractivity contribution in [2.75, 3.05) is 12.4 Å². The van der Waals surface area contributed by atoms with Crippen molar-refractivity contribution in [3.63, 3.8) is 0 Å². The Balaban J connectivity index is 1.52. The molecule has 0 unspecified atom stereocenters. The first-order valence-electron chi connectivity index (χ1n) is 13.4. The lowest BCUT2D eigenvalue weighted by Gasteiger charge is -2.38. The third kappa shape index (κ3) is 3.58. The van der Waals surface area contributed by atoms with Crippen LogP contribution in [0.4, 0.5) is 5.69 Å². The van der Waals surface area contributed by atoms with Crippen LogP contribution in [-0.4, -0.2) is 35.5 Å². The summed E-state index contributed by atoms with van der Waals surface area (Å²) in [6, 6.07) is 28.0. The molecule has 7 rings (SSSR count). The molecular formula is C34H25BrN2O4. The molecule has 7 heteroatoms. The second-order valence-electron chi connectivity index (χ2n) is 10.5. The lowest BCUT2D eigenvalue weighted by molar-refractivity contribution is -0.122. The number of anilines is 1. The van der Waals surface area contributed by atoms with Gasteiger partial charge in [-0.3, -0.25) is 14.4 Å². The van der Waals surface area contributed by atoms with Gasteiger partial charge < -0.3 is 15.0 Å². The molecule has 202 valence electrons. The number of benzene rings is 4. The van der Waals surface area contributed by atoms with E-state index in [0.717, 1.165) is 16.7 Å². The van der Waals surface area contributed by atoms with Crippen molar-refractivity contribution < 1.29 is 19.1 Å². The summed E-state index contributed by atoms with van der Waals surface area (Å²) >= 11 is 3.51. The van der Waals surface area contributed by atoms with Crippen LogP contribution in [0.3, 0.4) is 0 Å². The highest BCUT2D eigenvalue weighted by atomic mass is 79.9. The molecule has 0 radical (unpaired) electrons. The van der Waals surface area contributed by atoms with E-state index in [2.05, 4.69) is 21.2 Å². The molecule has 0 saturated carbocycles. The number of methoxy groups -OCH3 is 1. The van der Waals surface area contributed by atoms with Crippen molar-refractivity contribution in [3.8, 4) is 5.75 Å². The largest absolute Gasteiger partial charge is 0.496 e. The van der Waals surface area contributed by atoms with Crippen LogP contribution in [0.5, 0.6) is 5.75 Å². The Morgan fingerprint density at radius 1 is 0.878 bits per heavy atom. The molecule has 4 aromatic carbocycles. The number of hydrogen-bond acceptors (Lipinski definition) is 5. The number of ketones is 2. The molecule has 41 heavy (non-hydrogen) atoms. The van der Waals surface area contributed by atoms with Gasteiger partial charge in [0.15, 0.2) is 11.6 Å². The van der Waals surface area contributed by atoms with Gasteiger partial charge in [-0.25, -0.2) is 0 Å². The van der Waals surface area contributed by atoms with Crippen LogP contribution in [-0.2, 0) is 10.2 Å². The van der Waals surface area contributed by atoms with Gasteiger partial charge in [-0.1, -0.05) is 72.8 Å². The monoisotopic (exact) mass is 604 g/mol. The number of ether oxygens (including phenoxy) is 1. The molecule has 0 bridgehead atoms. The molecule has 1 fully saturated rings. The minimum atomic E-state index is -1.35. The Morgan fingerprint density at radius 3 is 2.39 bits per heavy atom. The van der Waals surface area contributed by atoms with Crippen molar-refractivity contribution in [3.05, 3.63) is 136 Å². The van der Waals surface area contributed by atoms with Gasteiger partial charge in [0.2, 0.25) is 5.91 Å². The molecule has 1 spiro atoms. The number of Topliss-reactive ketones (excluding diaryl/α,β-unsaturated/α-hetero) is 2. The first-order valence-corrected chi connectivity index (χ1v) is 14.2. The molecule has 0 aromatic heterocycles. The maximum Gasteiger partial charge on any atom is 0.238 e. The van der Waals surface area contributed by atoms with E-state index in [1.165, 1.54) is 0 Å². The molecule has 3 heterocycles. The zero-order valence-electron chi connectivity index (χ0n) is 22.1. The lowest BCUT2D eigenvalue weighted by Crippen LogP contribution is -2.49. The molecule has 1 N–H and O–H groups in total. The van der Waals surface area contributed by atoms with Gasteiger partial charge in [-0.15, -0.1) is 0 Å². The van der Waals surface area contributed by atoms with Gasteiger partial charge in [-0.05, 0) is 63.0 Å². The average Bonchev–Trinajstić information content (AvgIpc) is 3.49. The number of carbonyl (C=O) groups excluding carboxylic acids is 3. The fourth-order valence-electron chi connectivity index (χ4n) is 6.94. The quantitative estimate of drug-likeness (QED) is 0.265. The smallest absolute Gasteiger partial charge is 0.238 e. The molecule has 1 amide bonds. The first kappa shape index (κ1) is 25.5. The number of hydrogen-bond donors (Lipinski definition) is 1. The van der Waals surface area contributed by atoms with Gasteiger partial charge >= 0.3 is 0 Å². The first-order chi connectivity index (χ1) is 20.0. The van der Waals surface area contributed by atoms with E-state index in [9.17, 15) is 14.4 Å². The summed E-state index contributed by atoms with van der Waals surface area (Å²) < 4.78 is 6.02. The Labute approximate surface area is 245 Å². The Hall–Kier alpha value is -4.49. The second kappa shape index (κ2) is 9.56. The van der Waals surface area contributed by atoms with Crippen LogP contribution in [0.15, 0.2) is 108 Å². The van der Waals surface area contributed by atoms with Crippen LogP contribution in [0, 0.1) is 5.92 Å². The van der Waals surface area contributed by atoms with E-state index < -0.39 is 23.4 Å². The molecular weight excluding hydrogens is 580 g/mol. The van der Waals surface area contributed by atoms with Crippen LogP contribution in [0.25, 0.3) is 6.08 Å². The normalized spacial score (nSPS) is 23.5. The minimum absolute atomic E-state index is 0.245. The number of nitrogens with zero attached hydrogens (tertiary/aromatic N) is 1. The Morgan fingerprint density at radius 2 is 1.61 bits per heavy atom. The van der Waals surface area contributed by atoms with Crippen molar-refractivity contribution in [1.29, 1.82) is 0 Å². The maximum absolute atomic E-state index is 14.7. The van der Waals surface area contributed by atoms with Crippen LogP contribution in [0.1, 0.15) is 43.4 Å². The van der Waals surface area contributed by atoms with Gasteiger partial charge in [0, 0.05) is 23.0 Å². The summed E-state index contributed by atoms with van der Waals surface area (Å²) in [5, 5.41) is 3.08. The van der Waals surface area contributed by atoms with E-state index >= 15 is 0 Å². The van der Waals surface area contributed by atoms with E-state index in [0.29, 0.717) is 27.0 Å². The number of para-hydroxylation sites is 1.